The molecule has 0 unspecified atom stereocenters. The first-order valence-electron chi connectivity index (χ1n) is 6.44. The van der Waals surface area contributed by atoms with Crippen molar-refractivity contribution >= 4 is 33.7 Å². The Kier molecular flexibility index (Phi) is 5.02. The van der Waals surface area contributed by atoms with Crippen LogP contribution in [0.3, 0.4) is 0 Å². The second-order valence-corrected chi connectivity index (χ2v) is 4.99. The van der Waals surface area contributed by atoms with Gasteiger partial charge in [-0.2, -0.15) is 5.26 Å². The first-order chi connectivity index (χ1) is 9.78. The van der Waals surface area contributed by atoms with Crippen molar-refractivity contribution in [2.45, 2.75) is 26.2 Å². The van der Waals surface area contributed by atoms with Crippen molar-refractivity contribution < 1.29 is 4.42 Å². The summed E-state index contributed by atoms with van der Waals surface area (Å²) in [6, 6.07) is 5.62. The molecule has 0 spiro atoms. The van der Waals surface area contributed by atoms with E-state index in [1.54, 1.807) is 0 Å². The molecule has 0 saturated heterocycles. The zero-order valence-electron chi connectivity index (χ0n) is 11.5. The van der Waals surface area contributed by atoms with Gasteiger partial charge in [0, 0.05) is 6.42 Å². The van der Waals surface area contributed by atoms with Gasteiger partial charge in [0.2, 0.25) is 0 Å². The van der Waals surface area contributed by atoms with Gasteiger partial charge in [-0.1, -0.05) is 31.2 Å². The number of nitriles is 1. The number of aryl methyl sites for hydroxylation is 1. The van der Waals surface area contributed by atoms with E-state index in [9.17, 15) is 0 Å². The average molecular weight is 288 g/mol. The van der Waals surface area contributed by atoms with Crippen LogP contribution < -0.4 is 5.32 Å². The average Bonchev–Trinajstić information content (AvgIpc) is 2.88. The lowest BCUT2D eigenvalue weighted by atomic mass is 10.2. The third kappa shape index (κ3) is 3.31. The normalized spacial score (nSPS) is 11.6. The fourth-order valence-corrected chi connectivity index (χ4v) is 2.12. The highest BCUT2D eigenvalue weighted by atomic mass is 32.2. The van der Waals surface area contributed by atoms with Crippen molar-refractivity contribution in [2.24, 2.45) is 4.99 Å². The van der Waals surface area contributed by atoms with Crippen molar-refractivity contribution in [1.82, 2.24) is 10.3 Å². The second-order valence-electron chi connectivity index (χ2n) is 4.19. The third-order valence-electron chi connectivity index (χ3n) is 2.76. The molecular weight excluding hydrogens is 272 g/mol. The standard InChI is InChI=1S/C14H16N4OS/c1-3-4-8-12-18-13-10(6-5-7-11(13)19-12)17-14(20-2)16-9-15/h5-7H,3-4,8H2,1-2H3,(H,16,17). The van der Waals surface area contributed by atoms with Gasteiger partial charge in [-0.05, 0) is 24.8 Å². The van der Waals surface area contributed by atoms with Gasteiger partial charge in [-0.3, -0.25) is 5.32 Å². The fraction of sp³-hybridized carbons (Fsp3) is 0.357. The van der Waals surface area contributed by atoms with Crippen LogP contribution in [0.25, 0.3) is 11.1 Å². The Bertz CT molecular complexity index is 657. The number of hydrogen-bond donors (Lipinski definition) is 1. The lowest BCUT2D eigenvalue weighted by Crippen LogP contribution is -2.12. The summed E-state index contributed by atoms with van der Waals surface area (Å²) in [5.74, 6) is 0.739. The number of unbranched alkanes of at least 4 members (excludes halogenated alkanes) is 1. The lowest BCUT2D eigenvalue weighted by molar-refractivity contribution is 0.517. The summed E-state index contributed by atoms with van der Waals surface area (Å²) in [6.07, 6.45) is 6.72. The van der Waals surface area contributed by atoms with Gasteiger partial charge in [-0.25, -0.2) is 9.98 Å². The first-order valence-corrected chi connectivity index (χ1v) is 7.67. The number of oxazole rings is 1. The highest BCUT2D eigenvalue weighted by molar-refractivity contribution is 8.13. The Morgan fingerprint density at radius 1 is 1.55 bits per heavy atom. The predicted octanol–water partition coefficient (Wildman–Crippen LogP) is 3.59. The molecule has 0 bridgehead atoms. The summed E-state index contributed by atoms with van der Waals surface area (Å²) in [7, 11) is 0. The van der Waals surface area contributed by atoms with Crippen molar-refractivity contribution in [3.63, 3.8) is 0 Å². The van der Waals surface area contributed by atoms with Crippen LogP contribution in [0, 0.1) is 11.5 Å². The number of para-hydroxylation sites is 1. The van der Waals surface area contributed by atoms with E-state index in [1.165, 1.54) is 11.8 Å². The maximum Gasteiger partial charge on any atom is 0.195 e. The van der Waals surface area contributed by atoms with Crippen molar-refractivity contribution in [1.29, 1.82) is 5.26 Å². The Morgan fingerprint density at radius 2 is 2.40 bits per heavy atom. The van der Waals surface area contributed by atoms with Gasteiger partial charge in [-0.15, -0.1) is 0 Å². The molecule has 1 heterocycles. The molecule has 6 heteroatoms. The smallest absolute Gasteiger partial charge is 0.195 e. The van der Waals surface area contributed by atoms with Gasteiger partial charge in [0.1, 0.15) is 5.52 Å². The van der Waals surface area contributed by atoms with Crippen molar-refractivity contribution in [3.05, 3.63) is 24.1 Å². The Morgan fingerprint density at radius 3 is 3.10 bits per heavy atom. The Balaban J connectivity index is 2.38. The summed E-state index contributed by atoms with van der Waals surface area (Å²) in [6.45, 7) is 2.14. The molecule has 20 heavy (non-hydrogen) atoms. The van der Waals surface area contributed by atoms with Gasteiger partial charge >= 0.3 is 0 Å². The van der Waals surface area contributed by atoms with Crippen LogP contribution in [-0.4, -0.2) is 16.4 Å². The van der Waals surface area contributed by atoms with E-state index in [2.05, 4.69) is 22.2 Å². The largest absolute Gasteiger partial charge is 0.441 e. The first kappa shape index (κ1) is 14.4. The molecule has 0 amide bonds. The highest BCUT2D eigenvalue weighted by Gasteiger charge is 2.09. The second kappa shape index (κ2) is 6.96. The number of hydrogen-bond acceptors (Lipinski definition) is 5. The van der Waals surface area contributed by atoms with Crippen LogP contribution in [0.15, 0.2) is 27.6 Å². The number of amidine groups is 1. The molecular formula is C14H16N4OS. The van der Waals surface area contributed by atoms with Gasteiger partial charge in [0.15, 0.2) is 22.8 Å². The number of benzene rings is 1. The minimum Gasteiger partial charge on any atom is -0.441 e. The number of aliphatic imine (C=N–C) groups is 1. The zero-order valence-corrected chi connectivity index (χ0v) is 12.3. The number of rotatable bonds is 4. The zero-order chi connectivity index (χ0) is 14.4. The van der Waals surface area contributed by atoms with E-state index in [0.717, 1.165) is 36.3 Å². The van der Waals surface area contributed by atoms with Crippen LogP contribution in [-0.2, 0) is 6.42 Å². The van der Waals surface area contributed by atoms with Crippen LogP contribution in [0.5, 0.6) is 0 Å². The third-order valence-corrected chi connectivity index (χ3v) is 3.34. The molecule has 2 aromatic rings. The van der Waals surface area contributed by atoms with Crippen molar-refractivity contribution in [3.8, 4) is 6.19 Å². The molecule has 0 aliphatic carbocycles. The molecule has 1 aromatic heterocycles. The number of nitrogens with zero attached hydrogens (tertiary/aromatic N) is 3. The number of fused-ring (bicyclic) bond motifs is 1. The molecule has 104 valence electrons. The summed E-state index contributed by atoms with van der Waals surface area (Å²) >= 11 is 1.38. The van der Waals surface area contributed by atoms with Crippen LogP contribution in [0.2, 0.25) is 0 Å². The minimum absolute atomic E-state index is 0.540. The van der Waals surface area contributed by atoms with Crippen LogP contribution >= 0.6 is 11.8 Å². The number of thioether (sulfide) groups is 1. The van der Waals surface area contributed by atoms with E-state index in [0.29, 0.717) is 10.9 Å². The van der Waals surface area contributed by atoms with Gasteiger partial charge in [0.25, 0.3) is 0 Å². The molecule has 0 atom stereocenters. The molecule has 0 aliphatic rings. The SMILES string of the molecule is CCCCc1nc2c(N=C(NC#N)SC)cccc2o1. The summed E-state index contributed by atoms with van der Waals surface area (Å²) in [4.78, 5) is 8.92. The van der Waals surface area contributed by atoms with E-state index >= 15 is 0 Å². The van der Waals surface area contributed by atoms with Crippen LogP contribution in [0.1, 0.15) is 25.7 Å². The van der Waals surface area contributed by atoms with Gasteiger partial charge < -0.3 is 4.42 Å². The topological polar surface area (TPSA) is 74.2 Å². The maximum atomic E-state index is 8.67. The summed E-state index contributed by atoms with van der Waals surface area (Å²) in [5.41, 5.74) is 2.18. The highest BCUT2D eigenvalue weighted by Crippen LogP contribution is 2.27. The Hall–Kier alpha value is -2.00. The molecule has 1 N–H and O–H groups in total. The maximum absolute atomic E-state index is 8.67. The minimum atomic E-state index is 0.540. The number of nitrogens with one attached hydrogen (secondary N) is 1. The molecule has 0 aliphatic heterocycles. The summed E-state index contributed by atoms with van der Waals surface area (Å²) in [5, 5.41) is 11.8. The molecule has 5 nitrogen and oxygen atoms in total. The Labute approximate surface area is 122 Å². The van der Waals surface area contributed by atoms with Crippen LogP contribution in [0.4, 0.5) is 5.69 Å². The number of aromatic nitrogens is 1. The van der Waals surface area contributed by atoms with E-state index in [1.807, 2.05) is 30.6 Å². The predicted molar refractivity (Wildman–Crippen MR) is 82.0 cm³/mol. The fourth-order valence-electron chi connectivity index (χ4n) is 1.79. The molecule has 0 radical (unpaired) electrons. The van der Waals surface area contributed by atoms with E-state index in [-0.39, 0.29) is 0 Å². The molecule has 0 saturated carbocycles. The van der Waals surface area contributed by atoms with E-state index in [4.69, 9.17) is 9.68 Å². The molecule has 2 rings (SSSR count). The van der Waals surface area contributed by atoms with E-state index < -0.39 is 0 Å². The monoisotopic (exact) mass is 288 g/mol. The molecule has 1 aromatic carbocycles. The quantitative estimate of drug-likeness (QED) is 0.403. The van der Waals surface area contributed by atoms with Crippen molar-refractivity contribution in [2.75, 3.05) is 6.26 Å². The molecule has 0 fully saturated rings. The lowest BCUT2D eigenvalue weighted by Gasteiger charge is -1.99. The van der Waals surface area contributed by atoms with Gasteiger partial charge in [0.05, 0.1) is 5.69 Å². The summed E-state index contributed by atoms with van der Waals surface area (Å²) < 4.78 is 5.71.